The van der Waals surface area contributed by atoms with Crippen LogP contribution in [0.15, 0.2) is 18.2 Å². The number of benzene rings is 1. The van der Waals surface area contributed by atoms with Crippen LogP contribution >= 0.6 is 0 Å². The molecule has 0 aliphatic rings. The molecule has 2 atom stereocenters. The Morgan fingerprint density at radius 3 is 2.53 bits per heavy atom. The first kappa shape index (κ1) is 15.3. The Labute approximate surface area is 113 Å². The van der Waals surface area contributed by atoms with Crippen molar-refractivity contribution in [3.05, 3.63) is 23.8 Å². The molecule has 0 aliphatic heterocycles. The number of carbonyl (C=O) groups is 1. The standard InChI is InChI=1S/C14H20O5/c1-5-11(15)9(2)19-13-8-10(14(16)18-4)6-7-12(13)17-3/h6-9,11,15H,5H2,1-4H3. The quantitative estimate of drug-likeness (QED) is 0.800. The van der Waals surface area contributed by atoms with Gasteiger partial charge in [-0.1, -0.05) is 6.92 Å². The third-order valence-corrected chi connectivity index (χ3v) is 2.86. The number of ether oxygens (including phenoxy) is 3. The van der Waals surface area contributed by atoms with Crippen LogP contribution in [0.1, 0.15) is 30.6 Å². The van der Waals surface area contributed by atoms with Gasteiger partial charge >= 0.3 is 5.97 Å². The molecule has 1 aromatic rings. The number of methoxy groups -OCH3 is 2. The van der Waals surface area contributed by atoms with Gasteiger partial charge in [-0.3, -0.25) is 0 Å². The fourth-order valence-corrected chi connectivity index (χ4v) is 1.62. The summed E-state index contributed by atoms with van der Waals surface area (Å²) in [6.07, 6.45) is -0.390. The van der Waals surface area contributed by atoms with Crippen LogP contribution in [-0.4, -0.2) is 37.5 Å². The highest BCUT2D eigenvalue weighted by atomic mass is 16.5. The zero-order chi connectivity index (χ0) is 14.4. The SMILES string of the molecule is CCC(O)C(C)Oc1cc(C(=O)OC)ccc1OC. The summed E-state index contributed by atoms with van der Waals surface area (Å²) in [6, 6.07) is 4.77. The summed E-state index contributed by atoms with van der Waals surface area (Å²) in [4.78, 5) is 11.5. The van der Waals surface area contributed by atoms with E-state index >= 15 is 0 Å². The molecule has 1 rings (SSSR count). The van der Waals surface area contributed by atoms with Crippen LogP contribution in [0.25, 0.3) is 0 Å². The first-order chi connectivity index (χ1) is 9.03. The maximum absolute atomic E-state index is 11.5. The Morgan fingerprint density at radius 1 is 1.32 bits per heavy atom. The van der Waals surface area contributed by atoms with Crippen molar-refractivity contribution < 1.29 is 24.1 Å². The Balaban J connectivity index is 2.99. The van der Waals surface area contributed by atoms with Crippen molar-refractivity contribution in [1.82, 2.24) is 0 Å². The molecule has 0 aromatic heterocycles. The molecule has 106 valence electrons. The lowest BCUT2D eigenvalue weighted by molar-refractivity contribution is 0.0433. The molecule has 1 N–H and O–H groups in total. The van der Waals surface area contributed by atoms with Crippen molar-refractivity contribution in [1.29, 1.82) is 0 Å². The summed E-state index contributed by atoms with van der Waals surface area (Å²) in [6.45, 7) is 3.63. The van der Waals surface area contributed by atoms with Gasteiger partial charge in [-0.05, 0) is 31.5 Å². The highest BCUT2D eigenvalue weighted by molar-refractivity contribution is 5.90. The number of rotatable bonds is 6. The molecule has 1 aromatic carbocycles. The summed E-state index contributed by atoms with van der Waals surface area (Å²) in [5, 5.41) is 9.72. The van der Waals surface area contributed by atoms with Gasteiger partial charge in [-0.2, -0.15) is 0 Å². The van der Waals surface area contributed by atoms with E-state index in [9.17, 15) is 9.90 Å². The van der Waals surface area contributed by atoms with Gasteiger partial charge in [0.1, 0.15) is 6.10 Å². The zero-order valence-electron chi connectivity index (χ0n) is 11.7. The van der Waals surface area contributed by atoms with Gasteiger partial charge in [0.2, 0.25) is 0 Å². The van der Waals surface area contributed by atoms with Gasteiger partial charge in [-0.15, -0.1) is 0 Å². The van der Waals surface area contributed by atoms with E-state index in [4.69, 9.17) is 9.47 Å². The summed E-state index contributed by atoms with van der Waals surface area (Å²) < 4.78 is 15.5. The van der Waals surface area contributed by atoms with Gasteiger partial charge in [0.15, 0.2) is 11.5 Å². The molecule has 0 amide bonds. The van der Waals surface area contributed by atoms with E-state index in [0.29, 0.717) is 23.5 Å². The number of esters is 1. The van der Waals surface area contributed by atoms with Crippen LogP contribution in [0.3, 0.4) is 0 Å². The van der Waals surface area contributed by atoms with Crippen LogP contribution in [0.2, 0.25) is 0 Å². The van der Waals surface area contributed by atoms with Gasteiger partial charge < -0.3 is 19.3 Å². The average molecular weight is 268 g/mol. The zero-order valence-corrected chi connectivity index (χ0v) is 11.7. The minimum Gasteiger partial charge on any atom is -0.493 e. The average Bonchev–Trinajstić information content (AvgIpc) is 2.45. The second-order valence-electron chi connectivity index (χ2n) is 4.16. The largest absolute Gasteiger partial charge is 0.493 e. The smallest absolute Gasteiger partial charge is 0.337 e. The van der Waals surface area contributed by atoms with E-state index < -0.39 is 18.2 Å². The van der Waals surface area contributed by atoms with Gasteiger partial charge in [0, 0.05) is 0 Å². The molecule has 0 saturated carbocycles. The van der Waals surface area contributed by atoms with Gasteiger partial charge in [0.25, 0.3) is 0 Å². The van der Waals surface area contributed by atoms with Crippen molar-refractivity contribution in [2.24, 2.45) is 0 Å². The van der Waals surface area contributed by atoms with E-state index in [1.54, 1.807) is 25.1 Å². The lowest BCUT2D eigenvalue weighted by Crippen LogP contribution is -2.28. The van der Waals surface area contributed by atoms with Crippen molar-refractivity contribution in [2.45, 2.75) is 32.5 Å². The molecule has 0 bridgehead atoms. The van der Waals surface area contributed by atoms with E-state index in [0.717, 1.165) is 0 Å². The van der Waals surface area contributed by atoms with E-state index in [-0.39, 0.29) is 0 Å². The predicted molar refractivity (Wildman–Crippen MR) is 70.7 cm³/mol. The molecule has 5 heteroatoms. The van der Waals surface area contributed by atoms with Crippen LogP contribution in [0.5, 0.6) is 11.5 Å². The Kier molecular flexibility index (Phi) is 5.63. The predicted octanol–water partition coefficient (Wildman–Crippen LogP) is 2.02. The number of hydrogen-bond acceptors (Lipinski definition) is 5. The monoisotopic (exact) mass is 268 g/mol. The maximum atomic E-state index is 11.5. The number of hydrogen-bond donors (Lipinski definition) is 1. The first-order valence-electron chi connectivity index (χ1n) is 6.14. The number of aliphatic hydroxyl groups excluding tert-OH is 1. The van der Waals surface area contributed by atoms with Crippen LogP contribution in [0.4, 0.5) is 0 Å². The Bertz CT molecular complexity index is 430. The fourth-order valence-electron chi connectivity index (χ4n) is 1.62. The molecule has 0 saturated heterocycles. The van der Waals surface area contributed by atoms with Gasteiger partial charge in [0.05, 0.1) is 25.9 Å². The molecule has 0 fully saturated rings. The molecule has 2 unspecified atom stereocenters. The van der Waals surface area contributed by atoms with Crippen molar-refractivity contribution >= 4 is 5.97 Å². The topological polar surface area (TPSA) is 65.0 Å². The van der Waals surface area contributed by atoms with Crippen molar-refractivity contribution in [2.75, 3.05) is 14.2 Å². The minimum absolute atomic E-state index is 0.372. The van der Waals surface area contributed by atoms with Crippen LogP contribution < -0.4 is 9.47 Å². The molecular formula is C14H20O5. The van der Waals surface area contributed by atoms with Crippen LogP contribution in [-0.2, 0) is 4.74 Å². The molecule has 19 heavy (non-hydrogen) atoms. The fraction of sp³-hybridized carbons (Fsp3) is 0.500. The molecule has 5 nitrogen and oxygen atoms in total. The number of aliphatic hydroxyl groups is 1. The summed E-state index contributed by atoms with van der Waals surface area (Å²) in [5.41, 5.74) is 0.372. The first-order valence-corrected chi connectivity index (χ1v) is 6.14. The Hall–Kier alpha value is -1.75. The lowest BCUT2D eigenvalue weighted by Gasteiger charge is -2.21. The molecule has 0 heterocycles. The number of carbonyl (C=O) groups excluding carboxylic acids is 1. The third-order valence-electron chi connectivity index (χ3n) is 2.86. The van der Waals surface area contributed by atoms with Crippen molar-refractivity contribution in [3.63, 3.8) is 0 Å². The lowest BCUT2D eigenvalue weighted by atomic mass is 10.1. The Morgan fingerprint density at radius 2 is 2.00 bits per heavy atom. The highest BCUT2D eigenvalue weighted by Gasteiger charge is 2.17. The van der Waals surface area contributed by atoms with E-state index in [2.05, 4.69) is 4.74 Å². The molecule has 0 radical (unpaired) electrons. The summed E-state index contributed by atoms with van der Waals surface area (Å²) >= 11 is 0. The van der Waals surface area contributed by atoms with Gasteiger partial charge in [-0.25, -0.2) is 4.79 Å². The van der Waals surface area contributed by atoms with Crippen molar-refractivity contribution in [3.8, 4) is 11.5 Å². The highest BCUT2D eigenvalue weighted by Crippen LogP contribution is 2.29. The second kappa shape index (κ2) is 6.99. The summed E-state index contributed by atoms with van der Waals surface area (Å²) in [5.74, 6) is 0.462. The van der Waals surface area contributed by atoms with E-state index in [1.807, 2.05) is 6.92 Å². The maximum Gasteiger partial charge on any atom is 0.337 e. The summed E-state index contributed by atoms with van der Waals surface area (Å²) in [7, 11) is 2.83. The normalized spacial score (nSPS) is 13.5. The van der Waals surface area contributed by atoms with E-state index in [1.165, 1.54) is 14.2 Å². The van der Waals surface area contributed by atoms with Crippen LogP contribution in [0, 0.1) is 0 Å². The minimum atomic E-state index is -0.577. The second-order valence-corrected chi connectivity index (χ2v) is 4.16. The molecule has 0 aliphatic carbocycles. The molecular weight excluding hydrogens is 248 g/mol. The third kappa shape index (κ3) is 3.86. The molecule has 0 spiro atoms.